The van der Waals surface area contributed by atoms with Gasteiger partial charge >= 0.3 is 12.1 Å². The smallest absolute Gasteiger partial charge is 0.418 e. The van der Waals surface area contributed by atoms with Gasteiger partial charge in [-0.25, -0.2) is 4.98 Å². The van der Waals surface area contributed by atoms with E-state index >= 15 is 0 Å². The number of pyridine rings is 1. The molecule has 1 aliphatic carbocycles. The molecule has 62 heavy (non-hydrogen) atoms. The second-order valence-corrected chi connectivity index (χ2v) is 15.5. The fraction of sp³-hybridized carbons (Fsp3) is 0.115. The minimum atomic E-state index is -4.65. The standard InChI is InChI=1S/C52H37F3N2O5/c53-52(54,55)48-15-7-14-42-43(30-49(56-50(42)48)47-27-35(24-32-8-2-1-3-9-32)26-45-41-13-5-4-10-38(41)29-46(45)47)37-11-6-12-40(28-37)62-31-34-16-20-36(21-17-34)44(51(58)59)25-33-18-22-39(23-19-33)57(60)61/h1-23,26-28,30,44H,24-25,29,31H2,(H,58,59). The number of nitro groups is 1. The molecule has 0 amide bonds. The predicted molar refractivity (Wildman–Crippen MR) is 233 cm³/mol. The number of hydrogen-bond donors (Lipinski definition) is 1. The number of carboxylic acid groups (broad SMARTS) is 1. The number of fused-ring (bicyclic) bond motifs is 4. The van der Waals surface area contributed by atoms with Gasteiger partial charge in [0.25, 0.3) is 5.69 Å². The van der Waals surface area contributed by atoms with E-state index in [0.29, 0.717) is 51.9 Å². The molecule has 1 atom stereocenters. The Labute approximate surface area is 354 Å². The summed E-state index contributed by atoms with van der Waals surface area (Å²) in [5, 5.41) is 21.4. The molecule has 1 heterocycles. The zero-order chi connectivity index (χ0) is 43.0. The zero-order valence-corrected chi connectivity index (χ0v) is 33.1. The molecule has 0 fully saturated rings. The lowest BCUT2D eigenvalue weighted by atomic mass is 9.91. The van der Waals surface area contributed by atoms with E-state index in [-0.39, 0.29) is 24.2 Å². The van der Waals surface area contributed by atoms with Crippen molar-refractivity contribution in [2.24, 2.45) is 0 Å². The van der Waals surface area contributed by atoms with Crippen LogP contribution in [0.25, 0.3) is 44.4 Å². The maximum absolute atomic E-state index is 14.8. The summed E-state index contributed by atoms with van der Waals surface area (Å²) in [4.78, 5) is 27.6. The Kier molecular flexibility index (Phi) is 10.6. The Morgan fingerprint density at radius 2 is 1.42 bits per heavy atom. The fourth-order valence-electron chi connectivity index (χ4n) is 8.41. The molecule has 0 aliphatic heterocycles. The van der Waals surface area contributed by atoms with Crippen LogP contribution in [0.2, 0.25) is 0 Å². The number of ether oxygens (including phenoxy) is 1. The van der Waals surface area contributed by atoms with E-state index in [4.69, 9.17) is 9.72 Å². The monoisotopic (exact) mass is 826 g/mol. The summed E-state index contributed by atoms with van der Waals surface area (Å²) in [5.41, 5.74) is 9.95. The molecule has 1 unspecified atom stereocenters. The number of nitro benzene ring substituents is 1. The second kappa shape index (κ2) is 16.5. The van der Waals surface area contributed by atoms with Crippen LogP contribution in [0, 0.1) is 10.1 Å². The number of nitrogens with zero attached hydrogens (tertiary/aromatic N) is 2. The van der Waals surface area contributed by atoms with Gasteiger partial charge in [-0.05, 0) is 111 Å². The van der Waals surface area contributed by atoms with E-state index in [2.05, 4.69) is 36.4 Å². The minimum absolute atomic E-state index is 0.0695. The van der Waals surface area contributed by atoms with Gasteiger partial charge in [0.15, 0.2) is 0 Å². The molecular formula is C52H37F3N2O5. The molecular weight excluding hydrogens is 790 g/mol. The normalized spacial score (nSPS) is 12.4. The SMILES string of the molecule is O=C(O)C(Cc1ccc([N+](=O)[O-])cc1)c1ccc(COc2cccc(-c3cc(-c4cc(Cc5ccccc5)cc5c4Cc4ccccc4-5)nc4c(C(F)(F)F)cccc34)c2)cc1. The van der Waals surface area contributed by atoms with Gasteiger partial charge in [-0.2, -0.15) is 13.2 Å². The molecule has 1 N–H and O–H groups in total. The summed E-state index contributed by atoms with van der Waals surface area (Å²) in [5.74, 6) is -1.40. The van der Waals surface area contributed by atoms with Gasteiger partial charge in [0.1, 0.15) is 12.4 Å². The third kappa shape index (κ3) is 8.14. The van der Waals surface area contributed by atoms with Crippen LogP contribution in [-0.4, -0.2) is 21.0 Å². The van der Waals surface area contributed by atoms with E-state index in [1.165, 1.54) is 18.2 Å². The van der Waals surface area contributed by atoms with Crippen molar-refractivity contribution >= 4 is 22.6 Å². The fourth-order valence-corrected chi connectivity index (χ4v) is 8.41. The van der Waals surface area contributed by atoms with Gasteiger partial charge in [-0.3, -0.25) is 14.9 Å². The summed E-state index contributed by atoms with van der Waals surface area (Å²) in [6, 6.07) is 48.7. The van der Waals surface area contributed by atoms with Gasteiger partial charge in [-0.15, -0.1) is 0 Å². The largest absolute Gasteiger partial charge is 0.489 e. The van der Waals surface area contributed by atoms with Crippen molar-refractivity contribution in [3.63, 3.8) is 0 Å². The van der Waals surface area contributed by atoms with Crippen LogP contribution >= 0.6 is 0 Å². The Balaban J connectivity index is 1.05. The van der Waals surface area contributed by atoms with Crippen LogP contribution in [0.1, 0.15) is 50.4 Å². The first kappa shape index (κ1) is 39.8. The Morgan fingerprint density at radius 1 is 0.710 bits per heavy atom. The van der Waals surface area contributed by atoms with Crippen LogP contribution in [0.15, 0.2) is 164 Å². The van der Waals surface area contributed by atoms with Gasteiger partial charge in [0.2, 0.25) is 0 Å². The first-order chi connectivity index (χ1) is 30.0. The van der Waals surface area contributed by atoms with E-state index in [1.807, 2.05) is 48.5 Å². The second-order valence-electron chi connectivity index (χ2n) is 15.5. The van der Waals surface area contributed by atoms with Gasteiger partial charge in [0.05, 0.1) is 27.6 Å². The summed E-state index contributed by atoms with van der Waals surface area (Å²) in [6.07, 6.45) is -3.22. The number of rotatable bonds is 12. The Morgan fingerprint density at radius 3 is 2.16 bits per heavy atom. The van der Waals surface area contributed by atoms with E-state index < -0.39 is 28.6 Å². The first-order valence-electron chi connectivity index (χ1n) is 20.1. The highest BCUT2D eigenvalue weighted by Gasteiger charge is 2.34. The molecule has 10 heteroatoms. The number of para-hydroxylation sites is 1. The molecule has 9 rings (SSSR count). The van der Waals surface area contributed by atoms with E-state index in [1.54, 1.807) is 54.6 Å². The van der Waals surface area contributed by atoms with Crippen LogP contribution < -0.4 is 4.74 Å². The highest BCUT2D eigenvalue weighted by Crippen LogP contribution is 2.45. The minimum Gasteiger partial charge on any atom is -0.489 e. The zero-order valence-electron chi connectivity index (χ0n) is 33.1. The molecule has 7 nitrogen and oxygen atoms in total. The van der Waals surface area contributed by atoms with Crippen LogP contribution in [0.5, 0.6) is 5.75 Å². The molecule has 0 saturated carbocycles. The number of benzene rings is 7. The van der Waals surface area contributed by atoms with Crippen molar-refractivity contribution in [1.82, 2.24) is 4.98 Å². The third-order valence-electron chi connectivity index (χ3n) is 11.5. The molecule has 7 aromatic carbocycles. The van der Waals surface area contributed by atoms with E-state index in [9.17, 15) is 33.2 Å². The van der Waals surface area contributed by atoms with Crippen molar-refractivity contribution in [3.05, 3.63) is 218 Å². The summed E-state index contributed by atoms with van der Waals surface area (Å²) < 4.78 is 50.5. The lowest BCUT2D eigenvalue weighted by molar-refractivity contribution is -0.384. The lowest BCUT2D eigenvalue weighted by Gasteiger charge is -2.18. The highest BCUT2D eigenvalue weighted by atomic mass is 19.4. The number of aliphatic carboxylic acids is 1. The topological polar surface area (TPSA) is 103 Å². The molecule has 8 aromatic rings. The molecule has 0 bridgehead atoms. The van der Waals surface area contributed by atoms with Crippen LogP contribution in [0.4, 0.5) is 18.9 Å². The van der Waals surface area contributed by atoms with Gasteiger partial charge in [0, 0.05) is 23.1 Å². The van der Waals surface area contributed by atoms with E-state index in [0.717, 1.165) is 50.6 Å². The molecule has 0 saturated heterocycles. The third-order valence-corrected chi connectivity index (χ3v) is 11.5. The van der Waals surface area contributed by atoms with Crippen molar-refractivity contribution in [1.29, 1.82) is 0 Å². The van der Waals surface area contributed by atoms with Gasteiger partial charge < -0.3 is 9.84 Å². The first-order valence-corrected chi connectivity index (χ1v) is 20.1. The highest BCUT2D eigenvalue weighted by molar-refractivity contribution is 5.99. The molecule has 0 radical (unpaired) electrons. The predicted octanol–water partition coefficient (Wildman–Crippen LogP) is 12.6. The Hall–Kier alpha value is -7.59. The van der Waals surface area contributed by atoms with Gasteiger partial charge in [-0.1, -0.05) is 121 Å². The summed E-state index contributed by atoms with van der Waals surface area (Å²) >= 11 is 0. The van der Waals surface area contributed by atoms with Crippen molar-refractivity contribution in [2.45, 2.75) is 38.0 Å². The van der Waals surface area contributed by atoms with Crippen LogP contribution in [0.3, 0.4) is 0 Å². The number of carboxylic acids is 1. The summed E-state index contributed by atoms with van der Waals surface area (Å²) in [7, 11) is 0. The molecule has 0 spiro atoms. The number of carbonyl (C=O) groups is 1. The number of hydrogen-bond acceptors (Lipinski definition) is 5. The molecule has 306 valence electrons. The Bertz CT molecular complexity index is 2990. The van der Waals surface area contributed by atoms with Crippen molar-refractivity contribution < 1.29 is 32.7 Å². The average Bonchev–Trinajstić information content (AvgIpc) is 3.65. The van der Waals surface area contributed by atoms with Crippen LogP contribution in [-0.2, 0) is 36.8 Å². The maximum atomic E-state index is 14.8. The van der Waals surface area contributed by atoms with Crippen molar-refractivity contribution in [2.75, 3.05) is 0 Å². The number of aromatic nitrogens is 1. The molecule has 1 aliphatic rings. The molecule has 1 aromatic heterocycles. The quantitative estimate of drug-likeness (QED) is 0.0972. The summed E-state index contributed by atoms with van der Waals surface area (Å²) in [6.45, 7) is 0.144. The maximum Gasteiger partial charge on any atom is 0.418 e. The lowest BCUT2D eigenvalue weighted by Crippen LogP contribution is -2.14. The number of non-ortho nitro benzene ring substituents is 1. The average molecular weight is 827 g/mol. The van der Waals surface area contributed by atoms with Crippen molar-refractivity contribution in [3.8, 4) is 39.3 Å². The number of halogens is 3. The number of alkyl halides is 3.